The summed E-state index contributed by atoms with van der Waals surface area (Å²) in [7, 11) is 0. The lowest BCUT2D eigenvalue weighted by Gasteiger charge is -2.35. The summed E-state index contributed by atoms with van der Waals surface area (Å²) in [6.07, 6.45) is 4.13. The lowest BCUT2D eigenvalue weighted by Crippen LogP contribution is -2.43. The third-order valence-electron chi connectivity index (χ3n) is 4.12. The number of amides is 1. The van der Waals surface area contributed by atoms with Gasteiger partial charge < -0.3 is 15.7 Å². The van der Waals surface area contributed by atoms with Crippen molar-refractivity contribution in [3.63, 3.8) is 0 Å². The van der Waals surface area contributed by atoms with E-state index < -0.39 is 5.60 Å². The SMILES string of the molecule is CC(=O)Nc1ccc(CNCC2(O)CCCC(C)C2)cc1. The highest BCUT2D eigenvalue weighted by molar-refractivity contribution is 5.88. The van der Waals surface area contributed by atoms with Crippen molar-refractivity contribution >= 4 is 11.6 Å². The maximum atomic E-state index is 11.0. The molecule has 1 saturated carbocycles. The predicted molar refractivity (Wildman–Crippen MR) is 85.0 cm³/mol. The van der Waals surface area contributed by atoms with Crippen LogP contribution in [0.3, 0.4) is 0 Å². The van der Waals surface area contributed by atoms with Crippen LogP contribution in [0.25, 0.3) is 0 Å². The Morgan fingerprint density at radius 1 is 1.38 bits per heavy atom. The van der Waals surface area contributed by atoms with E-state index in [2.05, 4.69) is 17.6 Å². The van der Waals surface area contributed by atoms with E-state index in [4.69, 9.17) is 0 Å². The summed E-state index contributed by atoms with van der Waals surface area (Å²) in [5, 5.41) is 16.7. The first-order valence-electron chi connectivity index (χ1n) is 7.76. The molecular weight excluding hydrogens is 264 g/mol. The molecule has 1 aliphatic rings. The van der Waals surface area contributed by atoms with Gasteiger partial charge in [0.05, 0.1) is 5.60 Å². The van der Waals surface area contributed by atoms with Crippen molar-refractivity contribution in [3.8, 4) is 0 Å². The van der Waals surface area contributed by atoms with Crippen LogP contribution in [0.5, 0.6) is 0 Å². The first kappa shape index (κ1) is 16.0. The van der Waals surface area contributed by atoms with Crippen LogP contribution in [0.4, 0.5) is 5.69 Å². The number of carbonyl (C=O) groups excluding carboxylic acids is 1. The minimum absolute atomic E-state index is 0.0606. The van der Waals surface area contributed by atoms with Crippen LogP contribution in [-0.4, -0.2) is 23.2 Å². The Morgan fingerprint density at radius 3 is 2.71 bits per heavy atom. The van der Waals surface area contributed by atoms with Gasteiger partial charge in [0.2, 0.25) is 5.91 Å². The van der Waals surface area contributed by atoms with Gasteiger partial charge in [-0.05, 0) is 36.5 Å². The lowest BCUT2D eigenvalue weighted by atomic mass is 9.79. The molecule has 116 valence electrons. The summed E-state index contributed by atoms with van der Waals surface area (Å²) in [4.78, 5) is 11.0. The molecule has 0 saturated heterocycles. The summed E-state index contributed by atoms with van der Waals surface area (Å²) in [5.41, 5.74) is 1.41. The summed E-state index contributed by atoms with van der Waals surface area (Å²) in [5.74, 6) is 0.553. The second kappa shape index (κ2) is 7.05. The average molecular weight is 290 g/mol. The number of hydrogen-bond acceptors (Lipinski definition) is 3. The van der Waals surface area contributed by atoms with E-state index in [1.54, 1.807) is 0 Å². The van der Waals surface area contributed by atoms with Crippen molar-refractivity contribution in [2.24, 2.45) is 5.92 Å². The lowest BCUT2D eigenvalue weighted by molar-refractivity contribution is -0.114. The van der Waals surface area contributed by atoms with E-state index in [0.717, 1.165) is 37.1 Å². The fourth-order valence-corrected chi connectivity index (χ4v) is 3.14. The molecule has 0 radical (unpaired) electrons. The third kappa shape index (κ3) is 5.14. The van der Waals surface area contributed by atoms with Crippen molar-refractivity contribution in [3.05, 3.63) is 29.8 Å². The molecule has 1 amide bonds. The van der Waals surface area contributed by atoms with E-state index in [9.17, 15) is 9.90 Å². The summed E-state index contributed by atoms with van der Waals surface area (Å²) >= 11 is 0. The highest BCUT2D eigenvalue weighted by Crippen LogP contribution is 2.31. The number of nitrogens with one attached hydrogen (secondary N) is 2. The molecular formula is C17H26N2O2. The Bertz CT molecular complexity index is 472. The number of hydrogen-bond donors (Lipinski definition) is 3. The van der Waals surface area contributed by atoms with Gasteiger partial charge in [-0.3, -0.25) is 4.79 Å². The molecule has 4 heteroatoms. The van der Waals surface area contributed by atoms with Gasteiger partial charge in [-0.1, -0.05) is 31.9 Å². The van der Waals surface area contributed by atoms with Gasteiger partial charge in [-0.15, -0.1) is 0 Å². The smallest absolute Gasteiger partial charge is 0.221 e. The molecule has 1 aromatic rings. The summed E-state index contributed by atoms with van der Waals surface area (Å²) in [6, 6.07) is 7.78. The van der Waals surface area contributed by atoms with Gasteiger partial charge in [0.25, 0.3) is 0 Å². The molecule has 0 bridgehead atoms. The Kier molecular flexibility index (Phi) is 5.37. The number of rotatable bonds is 5. The van der Waals surface area contributed by atoms with Gasteiger partial charge in [0.15, 0.2) is 0 Å². The first-order chi connectivity index (χ1) is 9.97. The van der Waals surface area contributed by atoms with Crippen LogP contribution < -0.4 is 10.6 Å². The number of aliphatic hydroxyl groups is 1. The van der Waals surface area contributed by atoms with E-state index in [-0.39, 0.29) is 5.91 Å². The topological polar surface area (TPSA) is 61.4 Å². The fourth-order valence-electron chi connectivity index (χ4n) is 3.14. The van der Waals surface area contributed by atoms with E-state index in [0.29, 0.717) is 12.5 Å². The van der Waals surface area contributed by atoms with Crippen LogP contribution >= 0.6 is 0 Å². The van der Waals surface area contributed by atoms with Crippen LogP contribution in [0, 0.1) is 5.92 Å². The molecule has 0 aromatic heterocycles. The molecule has 4 nitrogen and oxygen atoms in total. The van der Waals surface area contributed by atoms with Crippen molar-refractivity contribution in [2.45, 2.75) is 51.7 Å². The monoisotopic (exact) mass is 290 g/mol. The summed E-state index contributed by atoms with van der Waals surface area (Å²) in [6.45, 7) is 5.09. The van der Waals surface area contributed by atoms with Crippen molar-refractivity contribution < 1.29 is 9.90 Å². The van der Waals surface area contributed by atoms with Crippen LogP contribution in [-0.2, 0) is 11.3 Å². The molecule has 1 fully saturated rings. The Morgan fingerprint density at radius 2 is 2.10 bits per heavy atom. The Balaban J connectivity index is 1.79. The molecule has 21 heavy (non-hydrogen) atoms. The third-order valence-corrected chi connectivity index (χ3v) is 4.12. The van der Waals surface area contributed by atoms with Crippen LogP contribution in [0.2, 0.25) is 0 Å². The van der Waals surface area contributed by atoms with Gasteiger partial charge in [0.1, 0.15) is 0 Å². The van der Waals surface area contributed by atoms with E-state index in [1.165, 1.54) is 13.3 Å². The largest absolute Gasteiger partial charge is 0.389 e. The maximum Gasteiger partial charge on any atom is 0.221 e. The van der Waals surface area contributed by atoms with Crippen LogP contribution in [0.1, 0.15) is 45.1 Å². The second-order valence-corrected chi connectivity index (χ2v) is 6.41. The van der Waals surface area contributed by atoms with Crippen LogP contribution in [0.15, 0.2) is 24.3 Å². The highest BCUT2D eigenvalue weighted by atomic mass is 16.3. The number of anilines is 1. The molecule has 3 N–H and O–H groups in total. The molecule has 0 heterocycles. The molecule has 0 aliphatic heterocycles. The normalized spacial score (nSPS) is 25.6. The van der Waals surface area contributed by atoms with Gasteiger partial charge >= 0.3 is 0 Å². The quantitative estimate of drug-likeness (QED) is 0.781. The molecule has 0 spiro atoms. The molecule has 1 aliphatic carbocycles. The minimum atomic E-state index is -0.548. The second-order valence-electron chi connectivity index (χ2n) is 6.41. The molecule has 2 rings (SSSR count). The van der Waals surface area contributed by atoms with E-state index >= 15 is 0 Å². The maximum absolute atomic E-state index is 11.0. The zero-order valence-electron chi connectivity index (χ0n) is 13.0. The van der Waals surface area contributed by atoms with Crippen molar-refractivity contribution in [1.29, 1.82) is 0 Å². The Hall–Kier alpha value is -1.39. The van der Waals surface area contributed by atoms with Gasteiger partial charge in [0, 0.05) is 25.7 Å². The van der Waals surface area contributed by atoms with E-state index in [1.807, 2.05) is 24.3 Å². The molecule has 2 atom stereocenters. The van der Waals surface area contributed by atoms with Gasteiger partial charge in [-0.25, -0.2) is 0 Å². The highest BCUT2D eigenvalue weighted by Gasteiger charge is 2.31. The van der Waals surface area contributed by atoms with Crippen molar-refractivity contribution in [2.75, 3.05) is 11.9 Å². The average Bonchev–Trinajstić information content (AvgIpc) is 2.39. The number of carbonyl (C=O) groups is 1. The molecule has 2 unspecified atom stereocenters. The standard InChI is InChI=1S/C17H26N2O2/c1-13-4-3-9-17(21,10-13)12-18-11-15-5-7-16(8-6-15)19-14(2)20/h5-8,13,18,21H,3-4,9-12H2,1-2H3,(H,19,20). The van der Waals surface area contributed by atoms with Gasteiger partial charge in [-0.2, -0.15) is 0 Å². The number of benzene rings is 1. The zero-order chi connectivity index (χ0) is 15.3. The Labute approximate surface area is 126 Å². The molecule has 1 aromatic carbocycles. The fraction of sp³-hybridized carbons (Fsp3) is 0.588. The van der Waals surface area contributed by atoms with Crippen molar-refractivity contribution in [1.82, 2.24) is 5.32 Å². The first-order valence-corrected chi connectivity index (χ1v) is 7.76. The zero-order valence-corrected chi connectivity index (χ0v) is 13.0. The minimum Gasteiger partial charge on any atom is -0.389 e. The summed E-state index contributed by atoms with van der Waals surface area (Å²) < 4.78 is 0. The predicted octanol–water partition coefficient (Wildman–Crippen LogP) is 2.68.